The van der Waals surface area contributed by atoms with Gasteiger partial charge in [0, 0.05) is 60.5 Å². The van der Waals surface area contributed by atoms with E-state index in [1.165, 1.54) is 0 Å². The third kappa shape index (κ3) is 11.5. The number of aldehydes is 1. The average Bonchev–Trinajstić information content (AvgIpc) is 3.58. The molecule has 6 rings (SSSR count). The van der Waals surface area contributed by atoms with Gasteiger partial charge >= 0.3 is 12.2 Å². The molecule has 4 aliphatic rings. The molecule has 2 aromatic carbocycles. The van der Waals surface area contributed by atoms with Crippen LogP contribution in [0.5, 0.6) is 0 Å². The molecule has 5 N–H and O–H groups in total. The highest BCUT2D eigenvalue weighted by Crippen LogP contribution is 2.36. The summed E-state index contributed by atoms with van der Waals surface area (Å²) in [7, 11) is 0. The van der Waals surface area contributed by atoms with Crippen molar-refractivity contribution in [3.63, 3.8) is 0 Å². The molecule has 4 saturated heterocycles. The molecule has 4 atom stereocenters. The molecule has 4 amide bonds. The van der Waals surface area contributed by atoms with Gasteiger partial charge in [0.05, 0.1) is 19.8 Å². The first-order chi connectivity index (χ1) is 24.7. The number of nitrogens with zero attached hydrogens (tertiary/aromatic N) is 2. The molecule has 4 fully saturated rings. The minimum atomic E-state index is -0.220. The lowest BCUT2D eigenvalue weighted by Gasteiger charge is -2.38. The molecule has 4 unspecified atom stereocenters. The number of hydrogen-bond acceptors (Lipinski definition) is 9. The first-order valence-electron chi connectivity index (χ1n) is 18.2. The molecule has 2 aromatic rings. The Morgan fingerprint density at radius 2 is 1.12 bits per heavy atom. The number of nitrogens with two attached hydrogens (primary N) is 1. The maximum atomic E-state index is 12.1. The average molecular weight is 707 g/mol. The van der Waals surface area contributed by atoms with Crippen molar-refractivity contribution >= 4 is 30.3 Å². The van der Waals surface area contributed by atoms with E-state index in [1.807, 2.05) is 60.0 Å². The third-order valence-electron chi connectivity index (χ3n) is 9.72. The summed E-state index contributed by atoms with van der Waals surface area (Å²) in [5.74, 6) is -0.262. The number of rotatable bonds is 10. The van der Waals surface area contributed by atoms with Crippen LogP contribution >= 0.6 is 0 Å². The second kappa shape index (κ2) is 20.4. The zero-order valence-electron chi connectivity index (χ0n) is 29.8. The van der Waals surface area contributed by atoms with Gasteiger partial charge in [0.2, 0.25) is 0 Å². The predicted molar refractivity (Wildman–Crippen MR) is 193 cm³/mol. The highest BCUT2D eigenvalue weighted by Gasteiger charge is 2.44. The van der Waals surface area contributed by atoms with Crippen LogP contribution in [0.3, 0.4) is 0 Å². The first kappa shape index (κ1) is 39.3. The lowest BCUT2D eigenvalue weighted by Crippen LogP contribution is -2.52. The minimum Gasteiger partial charge on any atom is -0.450 e. The van der Waals surface area contributed by atoms with Crippen molar-refractivity contribution in [2.75, 3.05) is 32.8 Å². The van der Waals surface area contributed by atoms with Crippen LogP contribution in [-0.2, 0) is 14.3 Å². The molecule has 4 aliphatic heterocycles. The summed E-state index contributed by atoms with van der Waals surface area (Å²) in [6.07, 6.45) is 8.46. The van der Waals surface area contributed by atoms with Crippen LogP contribution in [0.1, 0.15) is 85.9 Å². The van der Waals surface area contributed by atoms with E-state index in [0.717, 1.165) is 57.9 Å². The molecule has 0 saturated carbocycles. The molecule has 4 heterocycles. The minimum absolute atomic E-state index is 0.0420. The smallest absolute Gasteiger partial charge is 0.410 e. The van der Waals surface area contributed by atoms with E-state index in [9.17, 15) is 24.0 Å². The van der Waals surface area contributed by atoms with Gasteiger partial charge in [-0.05, 0) is 89.5 Å². The number of ether oxygens (including phenoxy) is 2. The van der Waals surface area contributed by atoms with E-state index in [2.05, 4.69) is 16.0 Å². The number of carbonyl (C=O) groups excluding carboxylic acids is 5. The molecular formula is C38H54N6O7. The van der Waals surface area contributed by atoms with Crippen LogP contribution in [0, 0.1) is 0 Å². The van der Waals surface area contributed by atoms with Crippen LogP contribution in [0.15, 0.2) is 60.7 Å². The van der Waals surface area contributed by atoms with E-state index >= 15 is 0 Å². The number of hydrogen-bond donors (Lipinski definition) is 4. The Labute approximate surface area is 301 Å². The molecule has 4 bridgehead atoms. The molecule has 0 spiro atoms. The molecule has 13 heteroatoms. The normalized spacial score (nSPS) is 24.1. The molecule has 278 valence electrons. The quantitative estimate of drug-likeness (QED) is 0.211. The van der Waals surface area contributed by atoms with Crippen molar-refractivity contribution in [2.24, 2.45) is 5.73 Å². The molecule has 0 aromatic heterocycles. The maximum Gasteiger partial charge on any atom is 0.410 e. The largest absolute Gasteiger partial charge is 0.450 e. The van der Waals surface area contributed by atoms with E-state index in [-0.39, 0.29) is 48.7 Å². The van der Waals surface area contributed by atoms with Crippen LogP contribution in [0.4, 0.5) is 9.59 Å². The number of nitrogens with one attached hydrogen (secondary N) is 3. The monoisotopic (exact) mass is 706 g/mol. The van der Waals surface area contributed by atoms with Crippen molar-refractivity contribution in [1.82, 2.24) is 25.8 Å². The molecule has 13 nitrogen and oxygen atoms in total. The number of carbonyl (C=O) groups is 5. The van der Waals surface area contributed by atoms with Crippen molar-refractivity contribution in [3.8, 4) is 0 Å². The number of benzene rings is 2. The number of piperidine rings is 2. The van der Waals surface area contributed by atoms with Crippen LogP contribution in [0.25, 0.3) is 0 Å². The van der Waals surface area contributed by atoms with Crippen molar-refractivity contribution in [3.05, 3.63) is 71.8 Å². The summed E-state index contributed by atoms with van der Waals surface area (Å²) in [5.41, 5.74) is 7.17. The fourth-order valence-electron chi connectivity index (χ4n) is 7.52. The van der Waals surface area contributed by atoms with Crippen molar-refractivity contribution in [2.45, 2.75) is 101 Å². The summed E-state index contributed by atoms with van der Waals surface area (Å²) in [4.78, 5) is 60.6. The Kier molecular flexibility index (Phi) is 15.7. The van der Waals surface area contributed by atoms with E-state index in [1.54, 1.807) is 24.3 Å². The Bertz CT molecular complexity index is 1390. The van der Waals surface area contributed by atoms with Gasteiger partial charge in [-0.3, -0.25) is 9.59 Å². The molecule has 0 radical (unpaired) electrons. The van der Waals surface area contributed by atoms with Gasteiger partial charge in [-0.15, -0.1) is 0 Å². The zero-order chi connectivity index (χ0) is 36.6. The van der Waals surface area contributed by atoms with Crippen molar-refractivity contribution < 1.29 is 33.4 Å². The molecule has 51 heavy (non-hydrogen) atoms. The van der Waals surface area contributed by atoms with Crippen LogP contribution < -0.4 is 21.7 Å². The first-order valence-corrected chi connectivity index (χ1v) is 18.2. The molecule has 0 aliphatic carbocycles. The highest BCUT2D eigenvalue weighted by atomic mass is 16.6. The Morgan fingerprint density at radius 1 is 0.686 bits per heavy atom. The van der Waals surface area contributed by atoms with Crippen LogP contribution in [-0.4, -0.2) is 109 Å². The summed E-state index contributed by atoms with van der Waals surface area (Å²) < 4.78 is 10.2. The lowest BCUT2D eigenvalue weighted by molar-refractivity contribution is -0.107. The maximum absolute atomic E-state index is 12.1. The highest BCUT2D eigenvalue weighted by molar-refractivity contribution is 5.95. The van der Waals surface area contributed by atoms with Gasteiger partial charge in [-0.2, -0.15) is 0 Å². The molecular weight excluding hydrogens is 652 g/mol. The fourth-order valence-corrected chi connectivity index (χ4v) is 7.52. The van der Waals surface area contributed by atoms with E-state index < -0.39 is 0 Å². The van der Waals surface area contributed by atoms with Gasteiger partial charge in [0.25, 0.3) is 11.8 Å². The summed E-state index contributed by atoms with van der Waals surface area (Å²) in [6.45, 7) is 5.97. The van der Waals surface area contributed by atoms with Gasteiger partial charge < -0.3 is 45.8 Å². The van der Waals surface area contributed by atoms with Gasteiger partial charge in [-0.1, -0.05) is 36.4 Å². The van der Waals surface area contributed by atoms with E-state index in [4.69, 9.17) is 15.2 Å². The Morgan fingerprint density at radius 3 is 1.55 bits per heavy atom. The number of fused-ring (bicyclic) bond motifs is 4. The van der Waals surface area contributed by atoms with Gasteiger partial charge in [0.1, 0.15) is 6.29 Å². The summed E-state index contributed by atoms with van der Waals surface area (Å²) in [6, 6.07) is 19.9. The lowest BCUT2D eigenvalue weighted by atomic mass is 9.98. The van der Waals surface area contributed by atoms with E-state index in [0.29, 0.717) is 55.3 Å². The van der Waals surface area contributed by atoms with Crippen LogP contribution in [0.2, 0.25) is 0 Å². The second-order valence-corrected chi connectivity index (χ2v) is 13.2. The Balaban J connectivity index is 0.000000189. The van der Waals surface area contributed by atoms with Gasteiger partial charge in [-0.25, -0.2) is 9.59 Å². The third-order valence-corrected chi connectivity index (χ3v) is 9.72. The van der Waals surface area contributed by atoms with Crippen molar-refractivity contribution in [1.29, 1.82) is 0 Å². The fraction of sp³-hybridized carbons (Fsp3) is 0.553. The summed E-state index contributed by atoms with van der Waals surface area (Å²) >= 11 is 0. The standard InChI is InChI=1S/C19H27N3O3.C10H18N2O2.C9H9NO2/c1-2-25-19(24)22-16-8-9-17(22)13-15(12-16)20-10-11-21-18(23)14-6-4-3-5-7-14;1-2-14-10(13)12-8-3-4-9(12)6-7(11)5-8;11-7-6-10-9(12)8-4-2-1-3-5-8/h3-7,15-17,20H,2,8-13H2,1H3,(H,21,23);7-9H,2-6,11H2,1H3;1-5,7H,6H2,(H,10,12). The second-order valence-electron chi connectivity index (χ2n) is 13.2. The predicted octanol–water partition coefficient (Wildman–Crippen LogP) is 3.87. The SMILES string of the molecule is CCOC(=O)N1C2CCC1CC(N)C2.CCOC(=O)N1C2CCC1CC(NCCNC(=O)c1ccccc1)C2.O=CCNC(=O)c1ccccc1. The topological polar surface area (TPSA) is 172 Å². The van der Waals surface area contributed by atoms with Gasteiger partial charge in [0.15, 0.2) is 0 Å². The Hall–Kier alpha value is -4.49. The number of amides is 4. The zero-order valence-corrected chi connectivity index (χ0v) is 29.8. The summed E-state index contributed by atoms with van der Waals surface area (Å²) in [5, 5.41) is 8.90.